The molecular weight excluding hydrogens is 330 g/mol. The van der Waals surface area contributed by atoms with Gasteiger partial charge in [-0.15, -0.1) is 11.3 Å². The number of hydrogen-bond donors (Lipinski definition) is 1. The average Bonchev–Trinajstić information content (AvgIpc) is 2.98. The number of anilines is 3. The second-order valence-corrected chi connectivity index (χ2v) is 6.86. The summed E-state index contributed by atoms with van der Waals surface area (Å²) in [6.07, 6.45) is 3.49. The third kappa shape index (κ3) is 3.27. The van der Waals surface area contributed by atoms with E-state index in [1.54, 1.807) is 35.0 Å². The lowest BCUT2D eigenvalue weighted by molar-refractivity contribution is -0.116. The van der Waals surface area contributed by atoms with Crippen LogP contribution in [-0.4, -0.2) is 34.2 Å². The van der Waals surface area contributed by atoms with Gasteiger partial charge in [0.25, 0.3) is 0 Å². The Balaban J connectivity index is 1.94. The monoisotopic (exact) mass is 345 g/mol. The van der Waals surface area contributed by atoms with E-state index in [0.717, 1.165) is 26.2 Å². The lowest BCUT2D eigenvalue weighted by Gasteiger charge is -2.16. The first-order valence-electron chi connectivity index (χ1n) is 6.85. The molecule has 1 N–H and O–H groups in total. The topological polar surface area (TPSA) is 71.0 Å². The fourth-order valence-electron chi connectivity index (χ4n) is 2.02. The number of nitrogens with one attached hydrogen (secondary N) is 1. The molecule has 3 aromatic rings. The molecule has 23 heavy (non-hydrogen) atoms. The molecule has 2 aromatic heterocycles. The highest BCUT2D eigenvalue weighted by Crippen LogP contribution is 2.32. The van der Waals surface area contributed by atoms with Crippen LogP contribution in [0.15, 0.2) is 34.9 Å². The number of hydrogen-bond acceptors (Lipinski definition) is 7. The van der Waals surface area contributed by atoms with Gasteiger partial charge in [0.05, 0.1) is 0 Å². The minimum atomic E-state index is -0.0151. The summed E-state index contributed by atoms with van der Waals surface area (Å²) in [5.41, 5.74) is 2.37. The van der Waals surface area contributed by atoms with Gasteiger partial charge in [0, 0.05) is 25.3 Å². The molecule has 0 radical (unpaired) electrons. The van der Waals surface area contributed by atoms with E-state index in [0.29, 0.717) is 5.65 Å². The van der Waals surface area contributed by atoms with Gasteiger partial charge >= 0.3 is 0 Å². The number of carbonyl (C=O) groups excluding carboxylic acids is 1. The molecule has 8 heteroatoms. The molecule has 0 fully saturated rings. The van der Waals surface area contributed by atoms with E-state index in [1.165, 1.54) is 13.3 Å². The van der Waals surface area contributed by atoms with E-state index >= 15 is 0 Å². The van der Waals surface area contributed by atoms with Crippen LogP contribution in [0.3, 0.4) is 0 Å². The van der Waals surface area contributed by atoms with Crippen molar-refractivity contribution in [1.29, 1.82) is 0 Å². The summed E-state index contributed by atoms with van der Waals surface area (Å²) in [6.45, 7) is 1.54. The molecule has 0 aliphatic carbocycles. The lowest BCUT2D eigenvalue weighted by atomic mass is 10.2. The zero-order valence-electron chi connectivity index (χ0n) is 12.9. The summed E-state index contributed by atoms with van der Waals surface area (Å²) in [5.74, 6) is 0.703. The quantitative estimate of drug-likeness (QED) is 0.729. The molecule has 0 bridgehead atoms. The highest BCUT2D eigenvalue weighted by Gasteiger charge is 2.11. The molecule has 2 heterocycles. The van der Waals surface area contributed by atoms with Crippen molar-refractivity contribution in [3.63, 3.8) is 0 Å². The van der Waals surface area contributed by atoms with Crippen molar-refractivity contribution in [2.45, 2.75) is 11.3 Å². The average molecular weight is 345 g/mol. The van der Waals surface area contributed by atoms with Gasteiger partial charge in [-0.25, -0.2) is 15.0 Å². The minimum Gasteiger partial charge on any atom is -0.339 e. The number of fused-ring (bicyclic) bond motifs is 1. The summed E-state index contributed by atoms with van der Waals surface area (Å²) in [5, 5.41) is 3.29. The van der Waals surface area contributed by atoms with Crippen LogP contribution >= 0.6 is 23.1 Å². The van der Waals surface area contributed by atoms with Crippen molar-refractivity contribution in [2.75, 3.05) is 23.5 Å². The van der Waals surface area contributed by atoms with Crippen LogP contribution in [0.5, 0.6) is 0 Å². The Morgan fingerprint density at radius 2 is 2.17 bits per heavy atom. The number of thiazole rings is 1. The predicted molar refractivity (Wildman–Crippen MR) is 95.8 cm³/mol. The van der Waals surface area contributed by atoms with Gasteiger partial charge < -0.3 is 10.2 Å². The first-order chi connectivity index (χ1) is 11.1. The zero-order chi connectivity index (χ0) is 16.4. The maximum Gasteiger partial charge on any atom is 0.223 e. The summed E-state index contributed by atoms with van der Waals surface area (Å²) in [4.78, 5) is 26.1. The SMILES string of the molecule is CSc1nc2ncnc(Nc3cccc(N(C)C(C)=O)c3)c2s1. The first kappa shape index (κ1) is 15.7. The normalized spacial score (nSPS) is 10.7. The van der Waals surface area contributed by atoms with Crippen LogP contribution in [0.1, 0.15) is 6.92 Å². The molecule has 0 unspecified atom stereocenters. The van der Waals surface area contributed by atoms with E-state index in [-0.39, 0.29) is 5.91 Å². The van der Waals surface area contributed by atoms with Crippen LogP contribution in [0.2, 0.25) is 0 Å². The number of thioether (sulfide) groups is 1. The smallest absolute Gasteiger partial charge is 0.223 e. The number of amides is 1. The van der Waals surface area contributed by atoms with Gasteiger partial charge in [0.15, 0.2) is 15.8 Å². The highest BCUT2D eigenvalue weighted by atomic mass is 32.2. The summed E-state index contributed by atoms with van der Waals surface area (Å²) in [7, 11) is 1.75. The van der Waals surface area contributed by atoms with Gasteiger partial charge in [-0.2, -0.15) is 0 Å². The van der Waals surface area contributed by atoms with Gasteiger partial charge in [-0.3, -0.25) is 4.79 Å². The van der Waals surface area contributed by atoms with Crippen LogP contribution in [0.4, 0.5) is 17.2 Å². The maximum absolute atomic E-state index is 11.5. The minimum absolute atomic E-state index is 0.0151. The Bertz CT molecular complexity index is 864. The fourth-order valence-corrected chi connectivity index (χ4v) is 3.48. The molecule has 0 saturated carbocycles. The Kier molecular flexibility index (Phi) is 4.44. The molecule has 0 spiro atoms. The Morgan fingerprint density at radius 1 is 1.35 bits per heavy atom. The molecule has 0 aliphatic rings. The molecule has 118 valence electrons. The second-order valence-electron chi connectivity index (χ2n) is 4.81. The molecular formula is C15H15N5OS2. The van der Waals surface area contributed by atoms with Crippen molar-refractivity contribution >= 4 is 56.5 Å². The molecule has 1 amide bonds. The van der Waals surface area contributed by atoms with E-state index < -0.39 is 0 Å². The fraction of sp³-hybridized carbons (Fsp3) is 0.200. The van der Waals surface area contributed by atoms with Crippen molar-refractivity contribution in [2.24, 2.45) is 0 Å². The molecule has 1 aromatic carbocycles. The summed E-state index contributed by atoms with van der Waals surface area (Å²) < 4.78 is 1.87. The maximum atomic E-state index is 11.5. The molecule has 3 rings (SSSR count). The van der Waals surface area contributed by atoms with Gasteiger partial charge in [0.1, 0.15) is 11.0 Å². The van der Waals surface area contributed by atoms with Crippen LogP contribution in [0.25, 0.3) is 10.3 Å². The molecule has 0 aliphatic heterocycles. The van der Waals surface area contributed by atoms with Gasteiger partial charge in [-0.05, 0) is 24.5 Å². The van der Waals surface area contributed by atoms with Crippen LogP contribution in [0, 0.1) is 0 Å². The number of carbonyl (C=O) groups is 1. The largest absolute Gasteiger partial charge is 0.339 e. The van der Waals surface area contributed by atoms with Gasteiger partial charge in [-0.1, -0.05) is 17.8 Å². The highest BCUT2D eigenvalue weighted by molar-refractivity contribution is 8.00. The van der Waals surface area contributed by atoms with Crippen LogP contribution in [-0.2, 0) is 4.79 Å². The summed E-state index contributed by atoms with van der Waals surface area (Å²) in [6, 6.07) is 7.63. The number of rotatable bonds is 4. The third-order valence-corrected chi connectivity index (χ3v) is 5.35. The standard InChI is InChI=1S/C15H15N5OS2/c1-9(21)20(2)11-6-4-5-10(7-11)18-13-12-14(17-8-16-13)19-15(22-3)23-12/h4-8H,1-3H3,(H,16,17,18). The van der Waals surface area contributed by atoms with Gasteiger partial charge in [0.2, 0.25) is 5.91 Å². The van der Waals surface area contributed by atoms with Crippen molar-refractivity contribution in [1.82, 2.24) is 15.0 Å². The molecule has 0 atom stereocenters. The zero-order valence-corrected chi connectivity index (χ0v) is 14.5. The van der Waals surface area contributed by atoms with E-state index in [4.69, 9.17) is 0 Å². The molecule has 0 saturated heterocycles. The summed E-state index contributed by atoms with van der Waals surface area (Å²) >= 11 is 3.15. The number of aromatic nitrogens is 3. The third-order valence-electron chi connectivity index (χ3n) is 3.31. The Morgan fingerprint density at radius 3 is 2.91 bits per heavy atom. The number of benzene rings is 1. The van der Waals surface area contributed by atoms with E-state index in [2.05, 4.69) is 20.3 Å². The Labute approximate surface area is 142 Å². The molecule has 6 nitrogen and oxygen atoms in total. The lowest BCUT2D eigenvalue weighted by Crippen LogP contribution is -2.22. The Hall–Kier alpha value is -2.19. The van der Waals surface area contributed by atoms with Crippen LogP contribution < -0.4 is 10.2 Å². The second kappa shape index (κ2) is 6.51. The predicted octanol–water partition coefficient (Wildman–Crippen LogP) is 3.53. The van der Waals surface area contributed by atoms with Crippen molar-refractivity contribution < 1.29 is 4.79 Å². The van der Waals surface area contributed by atoms with Crippen molar-refractivity contribution in [3.8, 4) is 0 Å². The van der Waals surface area contributed by atoms with E-state index in [9.17, 15) is 4.79 Å². The number of nitrogens with zero attached hydrogens (tertiary/aromatic N) is 4. The van der Waals surface area contributed by atoms with Crippen molar-refractivity contribution in [3.05, 3.63) is 30.6 Å². The van der Waals surface area contributed by atoms with E-state index in [1.807, 2.05) is 30.5 Å². The first-order valence-corrected chi connectivity index (χ1v) is 8.89.